The van der Waals surface area contributed by atoms with Crippen LogP contribution in [0.2, 0.25) is 0 Å². The van der Waals surface area contributed by atoms with Crippen molar-refractivity contribution in [1.82, 2.24) is 19.9 Å². The number of rotatable bonds is 7. The maximum atomic E-state index is 13.3. The van der Waals surface area contributed by atoms with Crippen molar-refractivity contribution in [2.75, 3.05) is 11.9 Å². The number of hydrogen-bond donors (Lipinski definition) is 1. The smallest absolute Gasteiger partial charge is 0.247 e. The van der Waals surface area contributed by atoms with Gasteiger partial charge >= 0.3 is 0 Å². The van der Waals surface area contributed by atoms with Crippen LogP contribution in [0, 0.1) is 5.82 Å². The predicted octanol–water partition coefficient (Wildman–Crippen LogP) is 4.23. The van der Waals surface area contributed by atoms with Gasteiger partial charge in [-0.2, -0.15) is 15.0 Å². The zero-order chi connectivity index (χ0) is 24.9. The molecule has 3 aromatic carbocycles. The fraction of sp³-hybridized carbons (Fsp3) is 0.185. The average molecular weight is 486 g/mol. The SMILES string of the molecule is O=C(Nc1ccc(Oc2ccc(F)cc2)cc1)C1CC(c2ccccc2)CN1C(=O)Cn1nccn1. The van der Waals surface area contributed by atoms with Crippen LogP contribution in [0.5, 0.6) is 11.5 Å². The minimum absolute atomic E-state index is 0.0340. The molecule has 1 N–H and O–H groups in total. The summed E-state index contributed by atoms with van der Waals surface area (Å²) in [6.07, 6.45) is 3.54. The minimum atomic E-state index is -0.631. The Balaban J connectivity index is 1.28. The standard InChI is InChI=1S/C27H24FN5O3/c28-21-6-10-23(11-7-21)36-24-12-8-22(9-13-24)31-27(35)25-16-20(19-4-2-1-3-5-19)17-32(25)26(34)18-33-29-14-15-30-33/h1-15,20,25H,16-18H2,(H,31,35). The van der Waals surface area contributed by atoms with E-state index >= 15 is 0 Å². The topological polar surface area (TPSA) is 89.4 Å². The summed E-state index contributed by atoms with van der Waals surface area (Å²) >= 11 is 0. The Morgan fingerprint density at radius 3 is 2.22 bits per heavy atom. The third-order valence-corrected chi connectivity index (χ3v) is 6.11. The van der Waals surface area contributed by atoms with Crippen molar-refractivity contribution in [3.63, 3.8) is 0 Å². The molecule has 1 aliphatic heterocycles. The van der Waals surface area contributed by atoms with Gasteiger partial charge in [0.2, 0.25) is 11.8 Å². The van der Waals surface area contributed by atoms with Crippen molar-refractivity contribution in [3.05, 3.63) is 103 Å². The molecular formula is C27H24FN5O3. The van der Waals surface area contributed by atoms with Crippen LogP contribution in [0.3, 0.4) is 0 Å². The van der Waals surface area contributed by atoms with Gasteiger partial charge in [0.05, 0.1) is 12.4 Å². The van der Waals surface area contributed by atoms with Crippen LogP contribution in [-0.2, 0) is 16.1 Å². The highest BCUT2D eigenvalue weighted by molar-refractivity contribution is 5.97. The summed E-state index contributed by atoms with van der Waals surface area (Å²) in [5.74, 6) is 0.286. The number of amides is 2. The number of likely N-dealkylation sites (tertiary alicyclic amines) is 1. The van der Waals surface area contributed by atoms with Gasteiger partial charge in [-0.1, -0.05) is 30.3 Å². The molecule has 1 fully saturated rings. The number of benzene rings is 3. The second kappa shape index (κ2) is 10.4. The van der Waals surface area contributed by atoms with Gasteiger partial charge in [-0.15, -0.1) is 0 Å². The molecule has 0 radical (unpaired) electrons. The lowest BCUT2D eigenvalue weighted by molar-refractivity contribution is -0.137. The third-order valence-electron chi connectivity index (χ3n) is 6.11. The first-order valence-electron chi connectivity index (χ1n) is 11.6. The van der Waals surface area contributed by atoms with E-state index in [1.165, 1.54) is 29.3 Å². The van der Waals surface area contributed by atoms with Crippen molar-refractivity contribution >= 4 is 17.5 Å². The van der Waals surface area contributed by atoms with E-state index < -0.39 is 6.04 Å². The number of halogens is 1. The molecule has 8 nitrogen and oxygen atoms in total. The van der Waals surface area contributed by atoms with Crippen LogP contribution in [-0.4, -0.2) is 44.3 Å². The van der Waals surface area contributed by atoms with Gasteiger partial charge < -0.3 is 15.0 Å². The van der Waals surface area contributed by atoms with Crippen LogP contribution in [0.15, 0.2) is 91.3 Å². The summed E-state index contributed by atoms with van der Waals surface area (Å²) < 4.78 is 18.8. The zero-order valence-electron chi connectivity index (χ0n) is 19.3. The van der Waals surface area contributed by atoms with Gasteiger partial charge in [-0.3, -0.25) is 9.59 Å². The Hall–Kier alpha value is -4.53. The van der Waals surface area contributed by atoms with Crippen LogP contribution in [0.4, 0.5) is 10.1 Å². The number of ether oxygens (including phenoxy) is 1. The Bertz CT molecular complexity index is 1310. The van der Waals surface area contributed by atoms with Crippen LogP contribution < -0.4 is 10.1 Å². The lowest BCUT2D eigenvalue weighted by Gasteiger charge is -2.23. The average Bonchev–Trinajstić information content (AvgIpc) is 3.58. The fourth-order valence-corrected chi connectivity index (χ4v) is 4.33. The number of carbonyl (C=O) groups excluding carboxylic acids is 2. The Morgan fingerprint density at radius 2 is 1.56 bits per heavy atom. The third kappa shape index (κ3) is 5.41. The molecule has 2 unspecified atom stereocenters. The maximum absolute atomic E-state index is 13.3. The number of nitrogens with zero attached hydrogens (tertiary/aromatic N) is 4. The molecular weight excluding hydrogens is 461 g/mol. The van der Waals surface area contributed by atoms with Crippen LogP contribution in [0.1, 0.15) is 17.9 Å². The highest BCUT2D eigenvalue weighted by atomic mass is 19.1. The molecule has 2 heterocycles. The molecule has 2 amide bonds. The highest BCUT2D eigenvalue weighted by Crippen LogP contribution is 2.33. The number of hydrogen-bond acceptors (Lipinski definition) is 5. The molecule has 2 atom stereocenters. The second-order valence-corrected chi connectivity index (χ2v) is 8.53. The Kier molecular flexibility index (Phi) is 6.70. The lowest BCUT2D eigenvalue weighted by Crippen LogP contribution is -2.44. The maximum Gasteiger partial charge on any atom is 0.247 e. The van der Waals surface area contributed by atoms with E-state index in [1.807, 2.05) is 30.3 Å². The van der Waals surface area contributed by atoms with E-state index in [0.29, 0.717) is 30.2 Å². The molecule has 182 valence electrons. The highest BCUT2D eigenvalue weighted by Gasteiger charge is 2.40. The van der Waals surface area contributed by atoms with E-state index in [-0.39, 0.29) is 30.1 Å². The molecule has 36 heavy (non-hydrogen) atoms. The largest absolute Gasteiger partial charge is 0.457 e. The molecule has 1 saturated heterocycles. The molecule has 1 aliphatic rings. The van der Waals surface area contributed by atoms with E-state index in [9.17, 15) is 14.0 Å². The first kappa shape index (κ1) is 23.2. The first-order chi connectivity index (χ1) is 17.5. The number of anilines is 1. The molecule has 5 rings (SSSR count). The van der Waals surface area contributed by atoms with Gasteiger partial charge in [0.25, 0.3) is 0 Å². The molecule has 1 aromatic heterocycles. The van der Waals surface area contributed by atoms with Gasteiger partial charge in [-0.25, -0.2) is 4.39 Å². The summed E-state index contributed by atoms with van der Waals surface area (Å²) in [4.78, 5) is 29.3. The fourth-order valence-electron chi connectivity index (χ4n) is 4.33. The van der Waals surface area contributed by atoms with Crippen molar-refractivity contribution in [2.24, 2.45) is 0 Å². The summed E-state index contributed by atoms with van der Waals surface area (Å²) in [7, 11) is 0. The van der Waals surface area contributed by atoms with Gasteiger partial charge in [0.1, 0.15) is 29.9 Å². The molecule has 0 saturated carbocycles. The summed E-state index contributed by atoms with van der Waals surface area (Å²) in [5, 5.41) is 10.9. The first-order valence-corrected chi connectivity index (χ1v) is 11.6. The van der Waals surface area contributed by atoms with Crippen molar-refractivity contribution in [3.8, 4) is 11.5 Å². The second-order valence-electron chi connectivity index (χ2n) is 8.53. The Labute approximate surface area is 207 Å². The van der Waals surface area contributed by atoms with Crippen molar-refractivity contribution in [1.29, 1.82) is 0 Å². The van der Waals surface area contributed by atoms with Crippen molar-refractivity contribution < 1.29 is 18.7 Å². The summed E-state index contributed by atoms with van der Waals surface area (Å²) in [5.41, 5.74) is 1.67. The molecule has 4 aromatic rings. The lowest BCUT2D eigenvalue weighted by atomic mass is 9.96. The monoisotopic (exact) mass is 485 g/mol. The number of nitrogens with one attached hydrogen (secondary N) is 1. The summed E-state index contributed by atoms with van der Waals surface area (Å²) in [6.45, 7) is 0.403. The van der Waals surface area contributed by atoms with E-state index in [1.54, 1.807) is 41.3 Å². The summed E-state index contributed by atoms with van der Waals surface area (Å²) in [6, 6.07) is 21.9. The van der Waals surface area contributed by atoms with Gasteiger partial charge in [-0.05, 0) is 60.5 Å². The minimum Gasteiger partial charge on any atom is -0.457 e. The number of carbonyl (C=O) groups is 2. The molecule has 9 heteroatoms. The normalized spacial score (nSPS) is 17.1. The molecule has 0 aliphatic carbocycles. The van der Waals surface area contributed by atoms with E-state index in [4.69, 9.17) is 4.74 Å². The molecule has 0 bridgehead atoms. The van der Waals surface area contributed by atoms with E-state index in [0.717, 1.165) is 5.56 Å². The van der Waals surface area contributed by atoms with Crippen LogP contribution >= 0.6 is 0 Å². The van der Waals surface area contributed by atoms with Gasteiger partial charge in [0, 0.05) is 18.2 Å². The van der Waals surface area contributed by atoms with Crippen molar-refractivity contribution in [2.45, 2.75) is 24.9 Å². The molecule has 0 spiro atoms. The quantitative estimate of drug-likeness (QED) is 0.423. The number of aromatic nitrogens is 3. The van der Waals surface area contributed by atoms with E-state index in [2.05, 4.69) is 15.5 Å². The zero-order valence-corrected chi connectivity index (χ0v) is 19.3. The predicted molar refractivity (Wildman–Crippen MR) is 131 cm³/mol. The Morgan fingerprint density at radius 1 is 0.917 bits per heavy atom. The van der Waals surface area contributed by atoms with Gasteiger partial charge in [0.15, 0.2) is 0 Å². The van der Waals surface area contributed by atoms with Crippen LogP contribution in [0.25, 0.3) is 0 Å².